The van der Waals surface area contributed by atoms with Crippen LogP contribution >= 0.6 is 0 Å². The predicted molar refractivity (Wildman–Crippen MR) is 59.3 cm³/mol. The normalized spacial score (nSPS) is 20.5. The highest BCUT2D eigenvalue weighted by Crippen LogP contribution is 2.10. The van der Waals surface area contributed by atoms with Crippen LogP contribution in [0, 0.1) is 5.82 Å². The van der Waals surface area contributed by atoms with E-state index in [0.29, 0.717) is 6.54 Å². The number of carbonyl (C=O) groups excluding carboxylic acids is 1. The molecule has 1 aliphatic rings. The summed E-state index contributed by atoms with van der Waals surface area (Å²) in [5.41, 5.74) is 0.990. The summed E-state index contributed by atoms with van der Waals surface area (Å²) in [6, 6.07) is 6.23. The Labute approximate surface area is 94.3 Å². The van der Waals surface area contributed by atoms with E-state index in [9.17, 15) is 9.18 Å². The monoisotopic (exact) mass is 222 g/mol. The van der Waals surface area contributed by atoms with Crippen molar-refractivity contribution in [2.45, 2.75) is 19.0 Å². The maximum absolute atomic E-state index is 12.7. The third-order valence-corrected chi connectivity index (χ3v) is 2.89. The van der Waals surface area contributed by atoms with Crippen molar-refractivity contribution >= 4 is 5.91 Å². The number of rotatable bonds is 3. The molecule has 1 fully saturated rings. The van der Waals surface area contributed by atoms with Gasteiger partial charge in [-0.05, 0) is 24.1 Å². The number of halogens is 1. The second kappa shape index (κ2) is 4.61. The number of hydrogen-bond donors (Lipinski definition) is 1. The van der Waals surface area contributed by atoms with E-state index in [1.54, 1.807) is 17.0 Å². The van der Waals surface area contributed by atoms with Crippen molar-refractivity contribution in [1.29, 1.82) is 0 Å². The lowest BCUT2D eigenvalue weighted by Crippen LogP contribution is -2.36. The van der Waals surface area contributed by atoms with Crippen LogP contribution < -0.4 is 5.32 Å². The molecule has 4 heteroatoms. The highest BCUT2D eigenvalue weighted by atomic mass is 19.1. The number of nitrogens with zero attached hydrogens (tertiary/aromatic N) is 1. The standard InChI is InChI=1S/C12H15FN2O/c1-15-7-6-11(12(15)16)14-8-9-2-4-10(13)5-3-9/h2-5,11,14H,6-8H2,1H3. The Balaban J connectivity index is 1.88. The largest absolute Gasteiger partial charge is 0.344 e. The zero-order valence-electron chi connectivity index (χ0n) is 9.24. The molecule has 1 heterocycles. The van der Waals surface area contributed by atoms with Gasteiger partial charge in [0.05, 0.1) is 6.04 Å². The van der Waals surface area contributed by atoms with Crippen LogP contribution in [0.15, 0.2) is 24.3 Å². The van der Waals surface area contributed by atoms with Gasteiger partial charge in [0.1, 0.15) is 5.82 Å². The smallest absolute Gasteiger partial charge is 0.239 e. The Hall–Kier alpha value is -1.42. The minimum atomic E-state index is -0.236. The Morgan fingerprint density at radius 2 is 2.12 bits per heavy atom. The molecule has 0 saturated carbocycles. The van der Waals surface area contributed by atoms with Crippen LogP contribution in [-0.2, 0) is 11.3 Å². The van der Waals surface area contributed by atoms with Gasteiger partial charge in [-0.15, -0.1) is 0 Å². The average Bonchev–Trinajstić information content (AvgIpc) is 2.60. The van der Waals surface area contributed by atoms with Crippen LogP contribution in [0.5, 0.6) is 0 Å². The maximum atomic E-state index is 12.7. The number of carbonyl (C=O) groups is 1. The van der Waals surface area contributed by atoms with Gasteiger partial charge in [0.15, 0.2) is 0 Å². The number of nitrogens with one attached hydrogen (secondary N) is 1. The van der Waals surface area contributed by atoms with Gasteiger partial charge < -0.3 is 10.2 Å². The maximum Gasteiger partial charge on any atom is 0.239 e. The summed E-state index contributed by atoms with van der Waals surface area (Å²) in [4.78, 5) is 13.3. The van der Waals surface area contributed by atoms with Crippen molar-refractivity contribution in [2.24, 2.45) is 0 Å². The zero-order valence-corrected chi connectivity index (χ0v) is 9.24. The number of likely N-dealkylation sites (tertiary alicyclic amines) is 1. The van der Waals surface area contributed by atoms with E-state index in [4.69, 9.17) is 0 Å². The molecular weight excluding hydrogens is 207 g/mol. The molecule has 0 aromatic heterocycles. The Kier molecular flexibility index (Phi) is 3.19. The van der Waals surface area contributed by atoms with Crippen LogP contribution in [0.3, 0.4) is 0 Å². The van der Waals surface area contributed by atoms with Crippen molar-refractivity contribution in [3.8, 4) is 0 Å². The van der Waals surface area contributed by atoms with Crippen molar-refractivity contribution in [1.82, 2.24) is 10.2 Å². The van der Waals surface area contributed by atoms with Crippen LogP contribution in [0.1, 0.15) is 12.0 Å². The SMILES string of the molecule is CN1CCC(NCc2ccc(F)cc2)C1=O. The van der Waals surface area contributed by atoms with Crippen molar-refractivity contribution in [3.05, 3.63) is 35.6 Å². The van der Waals surface area contributed by atoms with E-state index in [1.165, 1.54) is 12.1 Å². The third-order valence-electron chi connectivity index (χ3n) is 2.89. The molecule has 86 valence electrons. The molecule has 1 amide bonds. The molecule has 0 radical (unpaired) electrons. The summed E-state index contributed by atoms with van der Waals surface area (Å²) >= 11 is 0. The van der Waals surface area contributed by atoms with E-state index in [-0.39, 0.29) is 17.8 Å². The molecule has 1 aromatic carbocycles. The van der Waals surface area contributed by atoms with Crippen molar-refractivity contribution < 1.29 is 9.18 Å². The van der Waals surface area contributed by atoms with Crippen molar-refractivity contribution in [3.63, 3.8) is 0 Å². The van der Waals surface area contributed by atoms with Crippen LogP contribution in [-0.4, -0.2) is 30.4 Å². The summed E-state index contributed by atoms with van der Waals surface area (Å²) < 4.78 is 12.7. The molecule has 1 N–H and O–H groups in total. The Bertz CT molecular complexity index is 377. The highest BCUT2D eigenvalue weighted by molar-refractivity contribution is 5.83. The summed E-state index contributed by atoms with van der Waals surface area (Å²) in [6.07, 6.45) is 0.844. The van der Waals surface area contributed by atoms with Crippen LogP contribution in [0.2, 0.25) is 0 Å². The minimum Gasteiger partial charge on any atom is -0.344 e. The lowest BCUT2D eigenvalue weighted by atomic mass is 10.2. The van der Waals surface area contributed by atoms with Crippen LogP contribution in [0.4, 0.5) is 4.39 Å². The first-order valence-corrected chi connectivity index (χ1v) is 5.39. The zero-order chi connectivity index (χ0) is 11.5. The minimum absolute atomic E-state index is 0.0879. The summed E-state index contributed by atoms with van der Waals surface area (Å²) in [7, 11) is 1.81. The van der Waals surface area contributed by atoms with Crippen molar-refractivity contribution in [2.75, 3.05) is 13.6 Å². The predicted octanol–water partition coefficient (Wildman–Crippen LogP) is 1.15. The van der Waals surface area contributed by atoms with Gasteiger partial charge in [-0.25, -0.2) is 4.39 Å². The molecule has 1 atom stereocenters. The third kappa shape index (κ3) is 2.39. The lowest BCUT2D eigenvalue weighted by Gasteiger charge is -2.12. The molecule has 1 saturated heterocycles. The average molecular weight is 222 g/mol. The molecule has 1 aliphatic heterocycles. The van der Waals surface area contributed by atoms with E-state index in [1.807, 2.05) is 7.05 Å². The number of amides is 1. The first-order chi connectivity index (χ1) is 7.66. The highest BCUT2D eigenvalue weighted by Gasteiger charge is 2.28. The first-order valence-electron chi connectivity index (χ1n) is 5.39. The van der Waals surface area contributed by atoms with Crippen LogP contribution in [0.25, 0.3) is 0 Å². The van der Waals surface area contributed by atoms with Gasteiger partial charge in [0.2, 0.25) is 5.91 Å². The van der Waals surface area contributed by atoms with Gasteiger partial charge in [-0.2, -0.15) is 0 Å². The fourth-order valence-corrected chi connectivity index (χ4v) is 1.86. The van der Waals surface area contributed by atoms with Gasteiger partial charge in [0.25, 0.3) is 0 Å². The van der Waals surface area contributed by atoms with Gasteiger partial charge >= 0.3 is 0 Å². The number of likely N-dealkylation sites (N-methyl/N-ethyl adjacent to an activating group) is 1. The summed E-state index contributed by atoms with van der Waals surface area (Å²) in [6.45, 7) is 1.41. The Morgan fingerprint density at radius 1 is 1.44 bits per heavy atom. The number of hydrogen-bond acceptors (Lipinski definition) is 2. The summed E-state index contributed by atoms with van der Waals surface area (Å²) in [5.74, 6) is -0.0949. The molecular formula is C12H15FN2O. The van der Waals surface area contributed by atoms with E-state index in [0.717, 1.165) is 18.5 Å². The van der Waals surface area contributed by atoms with E-state index < -0.39 is 0 Å². The molecule has 16 heavy (non-hydrogen) atoms. The van der Waals surface area contributed by atoms with E-state index in [2.05, 4.69) is 5.32 Å². The molecule has 3 nitrogen and oxygen atoms in total. The molecule has 0 spiro atoms. The fraction of sp³-hybridized carbons (Fsp3) is 0.417. The van der Waals surface area contributed by atoms with E-state index >= 15 is 0 Å². The van der Waals surface area contributed by atoms with Gasteiger partial charge in [-0.3, -0.25) is 4.79 Å². The lowest BCUT2D eigenvalue weighted by molar-refractivity contribution is -0.128. The summed E-state index contributed by atoms with van der Waals surface area (Å²) in [5, 5.41) is 3.18. The number of benzene rings is 1. The van der Waals surface area contributed by atoms with Gasteiger partial charge in [-0.1, -0.05) is 12.1 Å². The molecule has 2 rings (SSSR count). The topological polar surface area (TPSA) is 32.3 Å². The second-order valence-corrected chi connectivity index (χ2v) is 4.11. The Morgan fingerprint density at radius 3 is 2.69 bits per heavy atom. The quantitative estimate of drug-likeness (QED) is 0.832. The van der Waals surface area contributed by atoms with Gasteiger partial charge in [0, 0.05) is 20.1 Å². The molecule has 0 aliphatic carbocycles. The molecule has 0 bridgehead atoms. The molecule has 1 aromatic rings. The fourth-order valence-electron chi connectivity index (χ4n) is 1.86. The first kappa shape index (κ1) is 11.1. The second-order valence-electron chi connectivity index (χ2n) is 4.11. The molecule has 1 unspecified atom stereocenters.